The average Bonchev–Trinajstić information content (AvgIpc) is 2.68. The normalized spacial score (nSPS) is 15.9. The van der Waals surface area contributed by atoms with Gasteiger partial charge in [-0.15, -0.1) is 0 Å². The van der Waals surface area contributed by atoms with Gasteiger partial charge in [-0.1, -0.05) is 37.0 Å². The Morgan fingerprint density at radius 2 is 1.86 bits per heavy atom. The number of ether oxygens (including phenoxy) is 1. The molecule has 1 heterocycles. The number of allylic oxidation sites excluding steroid dienone is 1. The van der Waals surface area contributed by atoms with Gasteiger partial charge in [0.05, 0.1) is 10.6 Å². The van der Waals surface area contributed by atoms with E-state index < -0.39 is 0 Å². The predicted molar refractivity (Wildman–Crippen MR) is 117 cm³/mol. The lowest BCUT2D eigenvalue weighted by Crippen LogP contribution is -2.46. The molecule has 7 heteroatoms. The molecule has 0 spiro atoms. The molecule has 0 aliphatic carbocycles. The first-order valence-corrected chi connectivity index (χ1v) is 10.8. The molecule has 1 aromatic rings. The van der Waals surface area contributed by atoms with Gasteiger partial charge in [0.2, 0.25) is 5.91 Å². The van der Waals surface area contributed by atoms with Crippen LogP contribution in [0.5, 0.6) is 5.75 Å². The maximum absolute atomic E-state index is 12.6. The van der Waals surface area contributed by atoms with Crippen LogP contribution >= 0.6 is 23.2 Å². The number of hydrogen-bond donors (Lipinski definition) is 1. The molecule has 0 aromatic heterocycles. The van der Waals surface area contributed by atoms with E-state index in [1.54, 1.807) is 32.0 Å². The van der Waals surface area contributed by atoms with Crippen molar-refractivity contribution in [1.29, 1.82) is 0 Å². The lowest BCUT2D eigenvalue weighted by atomic mass is 10.0. The summed E-state index contributed by atoms with van der Waals surface area (Å²) in [4.78, 5) is 26.7. The van der Waals surface area contributed by atoms with Crippen LogP contribution in [0.4, 0.5) is 0 Å². The average molecular weight is 441 g/mol. The van der Waals surface area contributed by atoms with Crippen molar-refractivity contribution in [2.75, 3.05) is 13.1 Å². The number of nitrogens with zero attached hydrogens (tertiary/aromatic N) is 1. The van der Waals surface area contributed by atoms with E-state index in [9.17, 15) is 9.59 Å². The zero-order valence-electron chi connectivity index (χ0n) is 17.6. The lowest BCUT2D eigenvalue weighted by molar-refractivity contribution is -0.132. The zero-order chi connectivity index (χ0) is 21.6. The summed E-state index contributed by atoms with van der Waals surface area (Å²) >= 11 is 12.0. The number of nitrogens with one attached hydrogen (secondary N) is 1. The van der Waals surface area contributed by atoms with Crippen LogP contribution in [0.3, 0.4) is 0 Å². The van der Waals surface area contributed by atoms with Crippen LogP contribution in [0.25, 0.3) is 0 Å². The van der Waals surface area contributed by atoms with Crippen molar-refractivity contribution in [3.63, 3.8) is 0 Å². The molecule has 1 aromatic carbocycles. The molecule has 0 unspecified atom stereocenters. The molecular formula is C22H30Cl2N2O3. The van der Waals surface area contributed by atoms with Crippen molar-refractivity contribution >= 4 is 35.0 Å². The van der Waals surface area contributed by atoms with Gasteiger partial charge in [0, 0.05) is 30.6 Å². The monoisotopic (exact) mass is 440 g/mol. The van der Waals surface area contributed by atoms with Crippen LogP contribution in [0.2, 0.25) is 10.0 Å². The van der Waals surface area contributed by atoms with Crippen molar-refractivity contribution in [2.24, 2.45) is 5.92 Å². The fourth-order valence-electron chi connectivity index (χ4n) is 3.10. The largest absolute Gasteiger partial charge is 0.460 e. The number of rotatable bonds is 7. The van der Waals surface area contributed by atoms with E-state index in [1.807, 2.05) is 4.90 Å². The standard InChI is InChI=1S/C22H30Cl2N2O3/c1-14(2)5-8-21(27)26-11-9-18(10-12-26)25-22(28)15(3)16(4)29-20-7-6-17(23)13-19(20)24/h6-7,13-14,18H,5,8-12H2,1-4H3,(H,25,28)/b16-15-. The molecule has 1 fully saturated rings. The summed E-state index contributed by atoms with van der Waals surface area (Å²) in [5.74, 6) is 1.50. The van der Waals surface area contributed by atoms with Crippen LogP contribution in [-0.2, 0) is 9.59 Å². The van der Waals surface area contributed by atoms with E-state index in [4.69, 9.17) is 27.9 Å². The smallest absolute Gasteiger partial charge is 0.250 e. The van der Waals surface area contributed by atoms with Gasteiger partial charge in [-0.2, -0.15) is 0 Å². The summed E-state index contributed by atoms with van der Waals surface area (Å²) in [6.45, 7) is 9.06. The maximum atomic E-state index is 12.6. The number of likely N-dealkylation sites (tertiary alicyclic amines) is 1. The third-order valence-corrected chi connectivity index (χ3v) is 5.67. The molecule has 0 radical (unpaired) electrons. The van der Waals surface area contributed by atoms with Crippen molar-refractivity contribution < 1.29 is 14.3 Å². The Hall–Kier alpha value is -1.72. The second kappa shape index (κ2) is 10.9. The van der Waals surface area contributed by atoms with E-state index in [2.05, 4.69) is 19.2 Å². The van der Waals surface area contributed by atoms with Crippen molar-refractivity contribution in [1.82, 2.24) is 10.2 Å². The van der Waals surface area contributed by atoms with E-state index in [0.29, 0.717) is 52.6 Å². The molecule has 0 bridgehead atoms. The highest BCUT2D eigenvalue weighted by Crippen LogP contribution is 2.29. The summed E-state index contributed by atoms with van der Waals surface area (Å²) in [5.41, 5.74) is 0.492. The minimum absolute atomic E-state index is 0.0542. The Kier molecular flexibility index (Phi) is 8.84. The molecule has 160 valence electrons. The summed E-state index contributed by atoms with van der Waals surface area (Å²) < 4.78 is 5.74. The Balaban J connectivity index is 1.86. The molecule has 1 aliphatic heterocycles. The van der Waals surface area contributed by atoms with Gasteiger partial charge in [0.25, 0.3) is 5.91 Å². The summed E-state index contributed by atoms with van der Waals surface area (Å²) in [7, 11) is 0. The molecule has 5 nitrogen and oxygen atoms in total. The minimum atomic E-state index is -0.169. The quantitative estimate of drug-likeness (QED) is 0.467. The molecule has 2 amide bonds. The lowest BCUT2D eigenvalue weighted by Gasteiger charge is -2.32. The number of amides is 2. The van der Waals surface area contributed by atoms with Gasteiger partial charge in [-0.05, 0) is 57.2 Å². The van der Waals surface area contributed by atoms with Crippen LogP contribution in [0.1, 0.15) is 53.4 Å². The molecule has 1 aliphatic rings. The SMILES string of the molecule is C/C(Oc1ccc(Cl)cc1Cl)=C(\C)C(=O)NC1CCN(C(=O)CCC(C)C)CC1. The number of carbonyl (C=O) groups excluding carboxylic acids is 2. The summed E-state index contributed by atoms with van der Waals surface area (Å²) in [6, 6.07) is 5.00. The fourth-order valence-corrected chi connectivity index (χ4v) is 3.54. The molecule has 1 saturated heterocycles. The first-order chi connectivity index (χ1) is 13.7. The highest BCUT2D eigenvalue weighted by molar-refractivity contribution is 6.35. The van der Waals surface area contributed by atoms with E-state index >= 15 is 0 Å². The molecule has 2 rings (SSSR count). The topological polar surface area (TPSA) is 58.6 Å². The van der Waals surface area contributed by atoms with Crippen LogP contribution < -0.4 is 10.1 Å². The van der Waals surface area contributed by atoms with Crippen LogP contribution in [0, 0.1) is 5.92 Å². The Morgan fingerprint density at radius 1 is 1.21 bits per heavy atom. The van der Waals surface area contributed by atoms with E-state index in [0.717, 1.165) is 19.3 Å². The fraction of sp³-hybridized carbons (Fsp3) is 0.545. The number of piperidine rings is 1. The number of hydrogen-bond acceptors (Lipinski definition) is 3. The zero-order valence-corrected chi connectivity index (χ0v) is 19.1. The predicted octanol–water partition coefficient (Wildman–Crippen LogP) is 5.21. The van der Waals surface area contributed by atoms with Crippen molar-refractivity contribution in [3.8, 4) is 5.75 Å². The molecular weight excluding hydrogens is 411 g/mol. The highest BCUT2D eigenvalue weighted by Gasteiger charge is 2.24. The molecule has 0 atom stereocenters. The number of halogens is 2. The Labute approximate surface area is 183 Å². The Bertz CT molecular complexity index is 769. The van der Waals surface area contributed by atoms with Gasteiger partial charge in [-0.3, -0.25) is 9.59 Å². The van der Waals surface area contributed by atoms with Crippen LogP contribution in [-0.4, -0.2) is 35.8 Å². The second-order valence-electron chi connectivity index (χ2n) is 7.92. The first-order valence-electron chi connectivity index (χ1n) is 10.1. The summed E-state index contributed by atoms with van der Waals surface area (Å²) in [5, 5.41) is 3.96. The Morgan fingerprint density at radius 3 is 2.45 bits per heavy atom. The van der Waals surface area contributed by atoms with E-state index in [1.165, 1.54) is 0 Å². The van der Waals surface area contributed by atoms with Crippen molar-refractivity contribution in [3.05, 3.63) is 39.6 Å². The molecule has 1 N–H and O–H groups in total. The maximum Gasteiger partial charge on any atom is 0.250 e. The van der Waals surface area contributed by atoms with Crippen LogP contribution in [0.15, 0.2) is 29.5 Å². The summed E-state index contributed by atoms with van der Waals surface area (Å²) in [6.07, 6.45) is 3.03. The van der Waals surface area contributed by atoms with E-state index in [-0.39, 0.29) is 17.9 Å². The van der Waals surface area contributed by atoms with Gasteiger partial charge in [0.15, 0.2) is 0 Å². The van der Waals surface area contributed by atoms with Gasteiger partial charge in [-0.25, -0.2) is 0 Å². The number of benzene rings is 1. The molecule has 29 heavy (non-hydrogen) atoms. The van der Waals surface area contributed by atoms with Gasteiger partial charge < -0.3 is 15.0 Å². The van der Waals surface area contributed by atoms with Gasteiger partial charge in [0.1, 0.15) is 11.5 Å². The third kappa shape index (κ3) is 7.23. The third-order valence-electron chi connectivity index (χ3n) is 5.14. The number of carbonyl (C=O) groups is 2. The molecule has 0 saturated carbocycles. The van der Waals surface area contributed by atoms with Gasteiger partial charge >= 0.3 is 0 Å². The first kappa shape index (κ1) is 23.6. The van der Waals surface area contributed by atoms with Crippen molar-refractivity contribution in [2.45, 2.75) is 59.4 Å². The minimum Gasteiger partial charge on any atom is -0.460 e. The highest BCUT2D eigenvalue weighted by atomic mass is 35.5. The second-order valence-corrected chi connectivity index (χ2v) is 8.76.